The monoisotopic (exact) mass is 496 g/mol. The first-order chi connectivity index (χ1) is 18.2. The van der Waals surface area contributed by atoms with Gasteiger partial charge in [0.1, 0.15) is 17.6 Å². The molecule has 1 saturated heterocycles. The molecule has 1 saturated carbocycles. The summed E-state index contributed by atoms with van der Waals surface area (Å²) in [6, 6.07) is 21.6. The number of fused-ring (bicyclic) bond motifs is 1. The topological polar surface area (TPSA) is 88.3 Å². The number of rotatable bonds is 8. The second kappa shape index (κ2) is 10.3. The van der Waals surface area contributed by atoms with Crippen LogP contribution in [-0.2, 0) is 0 Å². The number of hydrogen-bond donors (Lipinski definition) is 3. The van der Waals surface area contributed by atoms with Gasteiger partial charge in [-0.15, -0.1) is 0 Å². The van der Waals surface area contributed by atoms with Crippen molar-refractivity contribution in [3.8, 4) is 22.8 Å². The number of para-hydroxylation sites is 1. The molecule has 1 unspecified atom stereocenters. The summed E-state index contributed by atoms with van der Waals surface area (Å²) in [5.74, 6) is 2.01. The van der Waals surface area contributed by atoms with Crippen LogP contribution in [0.5, 0.6) is 11.5 Å². The number of ether oxygens (including phenoxy) is 2. The number of nitrogens with zero attached hydrogens (tertiary/aromatic N) is 1. The van der Waals surface area contributed by atoms with Gasteiger partial charge in [-0.05, 0) is 93.2 Å². The van der Waals surface area contributed by atoms with E-state index >= 15 is 0 Å². The molecule has 6 rings (SSSR count). The van der Waals surface area contributed by atoms with E-state index in [-0.39, 0.29) is 18.1 Å². The van der Waals surface area contributed by atoms with E-state index in [2.05, 4.69) is 20.8 Å². The number of methoxy groups -OCH3 is 1. The number of nitrogens with one attached hydrogen (secondary N) is 3. The standard InChI is InChI=1S/C30H32N4O3/c1-36-27-5-3-2-4-24(27)28(19-6-7-19)32-30(35)21-10-13-26-25(18-21)29(34-33-26)20-8-11-22(12-9-20)37-23-14-16-31-17-15-23/h2-5,8-13,18-19,23,28,31H,6-7,14-17H2,1H3,(H,32,35)(H,33,34). The van der Waals surface area contributed by atoms with Crippen molar-refractivity contribution in [3.05, 3.63) is 77.9 Å². The van der Waals surface area contributed by atoms with Gasteiger partial charge in [-0.25, -0.2) is 0 Å². The molecule has 1 aliphatic carbocycles. The van der Waals surface area contributed by atoms with Gasteiger partial charge in [-0.1, -0.05) is 18.2 Å². The average molecular weight is 497 g/mol. The Kier molecular flexibility index (Phi) is 6.53. The Bertz CT molecular complexity index is 1390. The van der Waals surface area contributed by atoms with Crippen molar-refractivity contribution in [2.45, 2.75) is 37.8 Å². The molecule has 190 valence electrons. The summed E-state index contributed by atoms with van der Waals surface area (Å²) in [6.07, 6.45) is 4.51. The van der Waals surface area contributed by atoms with E-state index in [0.29, 0.717) is 11.5 Å². The van der Waals surface area contributed by atoms with Crippen LogP contribution in [0.3, 0.4) is 0 Å². The number of piperidine rings is 1. The van der Waals surface area contributed by atoms with Gasteiger partial charge in [0, 0.05) is 22.1 Å². The third kappa shape index (κ3) is 5.04. The van der Waals surface area contributed by atoms with E-state index in [9.17, 15) is 4.79 Å². The third-order valence-electron chi connectivity index (χ3n) is 7.40. The number of aromatic nitrogens is 2. The number of H-pyrrole nitrogens is 1. The summed E-state index contributed by atoms with van der Waals surface area (Å²) >= 11 is 0. The minimum Gasteiger partial charge on any atom is -0.496 e. The molecule has 7 nitrogen and oxygen atoms in total. The van der Waals surface area contributed by atoms with Gasteiger partial charge < -0.3 is 20.1 Å². The second-order valence-corrected chi connectivity index (χ2v) is 9.95. The summed E-state index contributed by atoms with van der Waals surface area (Å²) in [5.41, 5.74) is 4.33. The molecule has 2 heterocycles. The predicted molar refractivity (Wildman–Crippen MR) is 144 cm³/mol. The molecule has 4 aromatic rings. The minimum atomic E-state index is -0.0948. The molecule has 1 aliphatic heterocycles. The van der Waals surface area contributed by atoms with Gasteiger partial charge in [0.2, 0.25) is 0 Å². The molecular weight excluding hydrogens is 464 g/mol. The molecule has 0 radical (unpaired) electrons. The van der Waals surface area contributed by atoms with Gasteiger partial charge in [-0.2, -0.15) is 5.10 Å². The quantitative estimate of drug-likeness (QED) is 0.310. The fourth-order valence-electron chi connectivity index (χ4n) is 5.20. The van der Waals surface area contributed by atoms with Crippen molar-refractivity contribution >= 4 is 16.8 Å². The van der Waals surface area contributed by atoms with E-state index in [1.807, 2.05) is 66.7 Å². The summed E-state index contributed by atoms with van der Waals surface area (Å²) in [6.45, 7) is 2.00. The molecule has 1 atom stereocenters. The SMILES string of the molecule is COc1ccccc1C(NC(=O)c1ccc2[nH]nc(-c3ccc(OC4CCNCC4)cc3)c2c1)C1CC1. The van der Waals surface area contributed by atoms with E-state index < -0.39 is 0 Å². The number of benzene rings is 3. The second-order valence-electron chi connectivity index (χ2n) is 9.95. The molecule has 3 aromatic carbocycles. The van der Waals surface area contributed by atoms with E-state index in [1.165, 1.54) is 0 Å². The highest BCUT2D eigenvalue weighted by Gasteiger charge is 2.35. The zero-order valence-corrected chi connectivity index (χ0v) is 21.0. The number of hydrogen-bond acceptors (Lipinski definition) is 5. The molecule has 1 aromatic heterocycles. The zero-order valence-electron chi connectivity index (χ0n) is 21.0. The smallest absolute Gasteiger partial charge is 0.251 e. The van der Waals surface area contributed by atoms with Gasteiger partial charge in [-0.3, -0.25) is 9.89 Å². The van der Waals surface area contributed by atoms with Gasteiger partial charge in [0.05, 0.1) is 24.4 Å². The summed E-state index contributed by atoms with van der Waals surface area (Å²) in [4.78, 5) is 13.4. The maximum Gasteiger partial charge on any atom is 0.251 e. The third-order valence-corrected chi connectivity index (χ3v) is 7.40. The van der Waals surface area contributed by atoms with Crippen LogP contribution in [0.15, 0.2) is 66.7 Å². The minimum absolute atomic E-state index is 0.0735. The Morgan fingerprint density at radius 1 is 1.00 bits per heavy atom. The van der Waals surface area contributed by atoms with Crippen molar-refractivity contribution in [1.29, 1.82) is 0 Å². The number of aromatic amines is 1. The van der Waals surface area contributed by atoms with Gasteiger partial charge in [0.25, 0.3) is 5.91 Å². The lowest BCUT2D eigenvalue weighted by molar-refractivity contribution is 0.0931. The predicted octanol–water partition coefficient (Wildman–Crippen LogP) is 5.25. The molecule has 2 aliphatic rings. The van der Waals surface area contributed by atoms with Crippen molar-refractivity contribution < 1.29 is 14.3 Å². The Hall–Kier alpha value is -3.84. The molecular formula is C30H32N4O3. The Labute approximate surface area is 216 Å². The molecule has 0 bridgehead atoms. The lowest BCUT2D eigenvalue weighted by Gasteiger charge is -2.23. The van der Waals surface area contributed by atoms with Crippen LogP contribution in [0.25, 0.3) is 22.2 Å². The number of carbonyl (C=O) groups excluding carboxylic acids is 1. The number of carbonyl (C=O) groups is 1. The molecule has 37 heavy (non-hydrogen) atoms. The van der Waals surface area contributed by atoms with Crippen LogP contribution >= 0.6 is 0 Å². The van der Waals surface area contributed by atoms with E-state index in [4.69, 9.17) is 9.47 Å². The Morgan fingerprint density at radius 3 is 2.54 bits per heavy atom. The maximum atomic E-state index is 13.4. The van der Waals surface area contributed by atoms with Gasteiger partial charge in [0.15, 0.2) is 0 Å². The van der Waals surface area contributed by atoms with Crippen LogP contribution < -0.4 is 20.1 Å². The van der Waals surface area contributed by atoms with Gasteiger partial charge >= 0.3 is 0 Å². The lowest BCUT2D eigenvalue weighted by Crippen LogP contribution is -2.34. The fraction of sp³-hybridized carbons (Fsp3) is 0.333. The number of amides is 1. The van der Waals surface area contributed by atoms with Crippen molar-refractivity contribution in [1.82, 2.24) is 20.8 Å². The van der Waals surface area contributed by atoms with E-state index in [1.54, 1.807) is 7.11 Å². The highest BCUT2D eigenvalue weighted by atomic mass is 16.5. The maximum absolute atomic E-state index is 13.4. The normalized spacial score (nSPS) is 16.9. The highest BCUT2D eigenvalue weighted by molar-refractivity contribution is 6.01. The fourth-order valence-corrected chi connectivity index (χ4v) is 5.20. The highest BCUT2D eigenvalue weighted by Crippen LogP contribution is 2.43. The largest absolute Gasteiger partial charge is 0.496 e. The first-order valence-corrected chi connectivity index (χ1v) is 13.1. The molecule has 3 N–H and O–H groups in total. The summed E-state index contributed by atoms with van der Waals surface area (Å²) < 4.78 is 11.7. The molecule has 2 fully saturated rings. The summed E-state index contributed by atoms with van der Waals surface area (Å²) in [5, 5.41) is 15.2. The molecule has 1 amide bonds. The van der Waals surface area contributed by atoms with E-state index in [0.717, 1.165) is 78.0 Å². The first-order valence-electron chi connectivity index (χ1n) is 13.1. The summed E-state index contributed by atoms with van der Waals surface area (Å²) in [7, 11) is 1.67. The molecule has 7 heteroatoms. The van der Waals surface area contributed by atoms with Crippen LogP contribution in [0.2, 0.25) is 0 Å². The first kappa shape index (κ1) is 23.6. The Morgan fingerprint density at radius 2 is 1.78 bits per heavy atom. The Balaban J connectivity index is 1.23. The lowest BCUT2D eigenvalue weighted by atomic mass is 10.00. The van der Waals surface area contributed by atoms with Crippen LogP contribution in [0.4, 0.5) is 0 Å². The van der Waals surface area contributed by atoms with Crippen molar-refractivity contribution in [2.24, 2.45) is 5.92 Å². The van der Waals surface area contributed by atoms with Crippen LogP contribution in [0, 0.1) is 5.92 Å². The van der Waals surface area contributed by atoms with Crippen molar-refractivity contribution in [3.63, 3.8) is 0 Å². The van der Waals surface area contributed by atoms with Crippen molar-refractivity contribution in [2.75, 3.05) is 20.2 Å². The average Bonchev–Trinajstić information content (AvgIpc) is 3.71. The molecule has 0 spiro atoms. The van der Waals surface area contributed by atoms with Crippen LogP contribution in [0.1, 0.15) is 47.6 Å². The zero-order chi connectivity index (χ0) is 25.2. The van der Waals surface area contributed by atoms with Crippen LogP contribution in [-0.4, -0.2) is 42.4 Å².